The first-order valence-electron chi connectivity index (χ1n) is 5.88. The molecule has 1 aliphatic rings. The first-order valence-corrected chi connectivity index (χ1v) is 5.88. The average Bonchev–Trinajstić information content (AvgIpc) is 2.22. The third-order valence-corrected chi connectivity index (χ3v) is 3.56. The number of nitrogens with zero attached hydrogens (tertiary/aromatic N) is 1. The van der Waals surface area contributed by atoms with Gasteiger partial charge in [0.25, 0.3) is 0 Å². The predicted molar refractivity (Wildman–Crippen MR) is 66.3 cm³/mol. The average molecular weight is 214 g/mol. The normalized spacial score (nSPS) is 17.3. The molecule has 2 rings (SSSR count). The van der Waals surface area contributed by atoms with Crippen molar-refractivity contribution in [2.75, 3.05) is 11.9 Å². The molecule has 1 aromatic rings. The number of anilines is 1. The summed E-state index contributed by atoms with van der Waals surface area (Å²) >= 11 is 0. The van der Waals surface area contributed by atoms with Crippen molar-refractivity contribution in [1.29, 1.82) is 5.26 Å². The summed E-state index contributed by atoms with van der Waals surface area (Å²) in [5.41, 5.74) is 3.57. The molecule has 1 N–H and O–H groups in total. The van der Waals surface area contributed by atoms with Crippen LogP contribution in [0.2, 0.25) is 0 Å². The third-order valence-electron chi connectivity index (χ3n) is 3.56. The number of aryl methyl sites for hydroxylation is 2. The monoisotopic (exact) mass is 214 g/mol. The van der Waals surface area contributed by atoms with Gasteiger partial charge >= 0.3 is 0 Å². The Morgan fingerprint density at radius 2 is 2.12 bits per heavy atom. The highest BCUT2D eigenvalue weighted by Crippen LogP contribution is 2.40. The molecule has 1 fully saturated rings. The number of nitrogens with one attached hydrogen (secondary N) is 1. The Kier molecular flexibility index (Phi) is 2.87. The molecule has 0 spiro atoms. The van der Waals surface area contributed by atoms with Crippen molar-refractivity contribution >= 4 is 5.69 Å². The highest BCUT2D eigenvalue weighted by atomic mass is 14.9. The van der Waals surface area contributed by atoms with Gasteiger partial charge in [0, 0.05) is 12.2 Å². The van der Waals surface area contributed by atoms with E-state index in [0.29, 0.717) is 0 Å². The first kappa shape index (κ1) is 11.0. The fourth-order valence-electron chi connectivity index (χ4n) is 2.12. The standard InChI is InChI=1S/C14H18N2/c1-11-4-5-12(2)13(8-11)16-10-14(9-15)6-3-7-14/h4-5,8,16H,3,6-7,10H2,1-2H3. The number of nitriles is 1. The van der Waals surface area contributed by atoms with Crippen LogP contribution in [0.15, 0.2) is 18.2 Å². The van der Waals surface area contributed by atoms with E-state index in [4.69, 9.17) is 5.26 Å². The summed E-state index contributed by atoms with van der Waals surface area (Å²) in [6.07, 6.45) is 3.28. The van der Waals surface area contributed by atoms with Crippen molar-refractivity contribution < 1.29 is 0 Å². The predicted octanol–water partition coefficient (Wildman–Crippen LogP) is 3.41. The van der Waals surface area contributed by atoms with Gasteiger partial charge in [0.1, 0.15) is 0 Å². The van der Waals surface area contributed by atoms with Gasteiger partial charge in [0.2, 0.25) is 0 Å². The molecule has 0 amide bonds. The summed E-state index contributed by atoms with van der Waals surface area (Å²) in [7, 11) is 0. The van der Waals surface area contributed by atoms with Crippen molar-refractivity contribution in [2.45, 2.75) is 33.1 Å². The number of rotatable bonds is 3. The van der Waals surface area contributed by atoms with Crippen LogP contribution < -0.4 is 5.32 Å². The van der Waals surface area contributed by atoms with Crippen LogP contribution in [0.1, 0.15) is 30.4 Å². The lowest BCUT2D eigenvalue weighted by atomic mass is 9.70. The van der Waals surface area contributed by atoms with Crippen molar-refractivity contribution in [3.8, 4) is 6.07 Å². The van der Waals surface area contributed by atoms with Gasteiger partial charge in [-0.3, -0.25) is 0 Å². The van der Waals surface area contributed by atoms with E-state index < -0.39 is 0 Å². The molecular weight excluding hydrogens is 196 g/mol. The lowest BCUT2D eigenvalue weighted by Crippen LogP contribution is -2.35. The minimum absolute atomic E-state index is 0.101. The zero-order valence-corrected chi connectivity index (χ0v) is 10.0. The van der Waals surface area contributed by atoms with Crippen molar-refractivity contribution in [1.82, 2.24) is 0 Å². The van der Waals surface area contributed by atoms with Crippen LogP contribution in [0.25, 0.3) is 0 Å². The van der Waals surface area contributed by atoms with Gasteiger partial charge in [-0.05, 0) is 43.9 Å². The molecule has 84 valence electrons. The molecule has 0 bridgehead atoms. The molecule has 0 heterocycles. The molecular formula is C14H18N2. The minimum Gasteiger partial charge on any atom is -0.383 e. The Bertz CT molecular complexity index is 425. The summed E-state index contributed by atoms with van der Waals surface area (Å²) in [5.74, 6) is 0. The summed E-state index contributed by atoms with van der Waals surface area (Å²) in [6.45, 7) is 4.98. The Balaban J connectivity index is 2.05. The zero-order valence-electron chi connectivity index (χ0n) is 10.0. The van der Waals surface area contributed by atoms with E-state index >= 15 is 0 Å². The van der Waals surface area contributed by atoms with Crippen molar-refractivity contribution in [3.05, 3.63) is 29.3 Å². The second kappa shape index (κ2) is 4.17. The first-order chi connectivity index (χ1) is 7.65. The summed E-state index contributed by atoms with van der Waals surface area (Å²) in [4.78, 5) is 0. The highest BCUT2D eigenvalue weighted by molar-refractivity contribution is 5.52. The molecule has 2 nitrogen and oxygen atoms in total. The number of hydrogen-bond donors (Lipinski definition) is 1. The third kappa shape index (κ3) is 2.04. The smallest absolute Gasteiger partial charge is 0.0746 e. The van der Waals surface area contributed by atoms with E-state index in [0.717, 1.165) is 19.4 Å². The van der Waals surface area contributed by atoms with Crippen LogP contribution in [-0.2, 0) is 0 Å². The van der Waals surface area contributed by atoms with Gasteiger partial charge in [-0.1, -0.05) is 18.6 Å². The lowest BCUT2D eigenvalue weighted by molar-refractivity contribution is 0.233. The molecule has 0 aliphatic heterocycles. The molecule has 0 unspecified atom stereocenters. The van der Waals surface area contributed by atoms with E-state index in [-0.39, 0.29) is 5.41 Å². The molecule has 16 heavy (non-hydrogen) atoms. The maximum absolute atomic E-state index is 9.15. The molecule has 1 aromatic carbocycles. The molecule has 0 atom stereocenters. The van der Waals surface area contributed by atoms with Crippen LogP contribution in [0.5, 0.6) is 0 Å². The van der Waals surface area contributed by atoms with Crippen LogP contribution in [0, 0.1) is 30.6 Å². The fraction of sp³-hybridized carbons (Fsp3) is 0.500. The number of benzene rings is 1. The van der Waals surface area contributed by atoms with Gasteiger partial charge in [-0.15, -0.1) is 0 Å². The molecule has 0 saturated heterocycles. The van der Waals surface area contributed by atoms with Gasteiger partial charge in [0.15, 0.2) is 0 Å². The van der Waals surface area contributed by atoms with Crippen LogP contribution in [0.3, 0.4) is 0 Å². The topological polar surface area (TPSA) is 35.8 Å². The van der Waals surface area contributed by atoms with Crippen LogP contribution in [0.4, 0.5) is 5.69 Å². The van der Waals surface area contributed by atoms with E-state index in [2.05, 4.69) is 43.4 Å². The molecule has 0 radical (unpaired) electrons. The summed E-state index contributed by atoms with van der Waals surface area (Å²) in [6, 6.07) is 8.85. The van der Waals surface area contributed by atoms with E-state index in [1.807, 2.05) is 0 Å². The van der Waals surface area contributed by atoms with Gasteiger partial charge < -0.3 is 5.32 Å². The van der Waals surface area contributed by atoms with Gasteiger partial charge in [0.05, 0.1) is 11.5 Å². The van der Waals surface area contributed by atoms with E-state index in [1.54, 1.807) is 0 Å². The summed E-state index contributed by atoms with van der Waals surface area (Å²) in [5, 5.41) is 12.6. The lowest BCUT2D eigenvalue weighted by Gasteiger charge is -2.35. The van der Waals surface area contributed by atoms with Crippen LogP contribution in [-0.4, -0.2) is 6.54 Å². The maximum Gasteiger partial charge on any atom is 0.0746 e. The SMILES string of the molecule is Cc1ccc(C)c(NCC2(C#N)CCC2)c1. The molecule has 1 saturated carbocycles. The highest BCUT2D eigenvalue weighted by Gasteiger charge is 2.36. The largest absolute Gasteiger partial charge is 0.383 e. The van der Waals surface area contributed by atoms with E-state index in [1.165, 1.54) is 23.2 Å². The molecule has 0 aromatic heterocycles. The zero-order chi connectivity index (χ0) is 11.6. The second-order valence-electron chi connectivity index (χ2n) is 4.92. The Morgan fingerprint density at radius 3 is 2.69 bits per heavy atom. The Hall–Kier alpha value is -1.49. The van der Waals surface area contributed by atoms with Crippen LogP contribution >= 0.6 is 0 Å². The minimum atomic E-state index is -0.101. The van der Waals surface area contributed by atoms with Crippen molar-refractivity contribution in [3.63, 3.8) is 0 Å². The van der Waals surface area contributed by atoms with Gasteiger partial charge in [-0.2, -0.15) is 5.26 Å². The fourth-order valence-corrected chi connectivity index (χ4v) is 2.12. The second-order valence-corrected chi connectivity index (χ2v) is 4.92. The summed E-state index contributed by atoms with van der Waals surface area (Å²) < 4.78 is 0. The Labute approximate surface area is 97.3 Å². The van der Waals surface area contributed by atoms with Crippen molar-refractivity contribution in [2.24, 2.45) is 5.41 Å². The Morgan fingerprint density at radius 1 is 1.38 bits per heavy atom. The number of hydrogen-bond acceptors (Lipinski definition) is 2. The maximum atomic E-state index is 9.15. The van der Waals surface area contributed by atoms with E-state index in [9.17, 15) is 0 Å². The molecule has 1 aliphatic carbocycles. The quantitative estimate of drug-likeness (QED) is 0.837. The molecule has 2 heteroatoms. The van der Waals surface area contributed by atoms with Gasteiger partial charge in [-0.25, -0.2) is 0 Å².